The zero-order valence-corrected chi connectivity index (χ0v) is 13.3. The summed E-state index contributed by atoms with van der Waals surface area (Å²) in [6.07, 6.45) is 2.61. The number of nitrogens with zero attached hydrogens (tertiary/aromatic N) is 1. The first kappa shape index (κ1) is 16.5. The van der Waals surface area contributed by atoms with Crippen molar-refractivity contribution in [2.24, 2.45) is 5.10 Å². The Morgan fingerprint density at radius 2 is 1.91 bits per heavy atom. The van der Waals surface area contributed by atoms with E-state index in [1.165, 1.54) is 0 Å². The molecular formula is C18H20N2O3. The summed E-state index contributed by atoms with van der Waals surface area (Å²) >= 11 is 0. The lowest BCUT2D eigenvalue weighted by molar-refractivity contribution is -0.121. The molecule has 2 aromatic carbocycles. The predicted octanol–water partition coefficient (Wildman–Crippen LogP) is 2.79. The second-order valence-corrected chi connectivity index (χ2v) is 4.89. The SMILES string of the molecule is COc1ccc(OC)c(C=NNC(=O)CCc2ccccc2)c1. The normalized spacial score (nSPS) is 10.5. The maximum absolute atomic E-state index is 11.8. The molecule has 23 heavy (non-hydrogen) atoms. The highest BCUT2D eigenvalue weighted by Gasteiger charge is 2.04. The molecule has 0 aliphatic rings. The summed E-state index contributed by atoms with van der Waals surface area (Å²) in [4.78, 5) is 11.8. The molecule has 0 spiro atoms. The van der Waals surface area contributed by atoms with Crippen LogP contribution in [0.1, 0.15) is 17.5 Å². The summed E-state index contributed by atoms with van der Waals surface area (Å²) in [5.74, 6) is 1.22. The van der Waals surface area contributed by atoms with Gasteiger partial charge in [0.15, 0.2) is 0 Å². The Kier molecular flexibility index (Phi) is 6.17. The quantitative estimate of drug-likeness (QED) is 0.632. The highest BCUT2D eigenvalue weighted by Crippen LogP contribution is 2.22. The highest BCUT2D eigenvalue weighted by atomic mass is 16.5. The number of hydrogen-bond donors (Lipinski definition) is 1. The molecule has 0 aliphatic carbocycles. The number of hydrazone groups is 1. The fourth-order valence-electron chi connectivity index (χ4n) is 2.07. The molecule has 1 amide bonds. The van der Waals surface area contributed by atoms with Crippen molar-refractivity contribution in [2.45, 2.75) is 12.8 Å². The van der Waals surface area contributed by atoms with Gasteiger partial charge >= 0.3 is 0 Å². The van der Waals surface area contributed by atoms with Crippen molar-refractivity contribution in [1.82, 2.24) is 5.43 Å². The number of carbonyl (C=O) groups is 1. The topological polar surface area (TPSA) is 59.9 Å². The molecule has 0 saturated heterocycles. The van der Waals surface area contributed by atoms with Gasteiger partial charge < -0.3 is 9.47 Å². The molecule has 0 aromatic heterocycles. The van der Waals surface area contributed by atoms with Crippen LogP contribution in [0.15, 0.2) is 53.6 Å². The maximum Gasteiger partial charge on any atom is 0.240 e. The summed E-state index contributed by atoms with van der Waals surface area (Å²) < 4.78 is 10.4. The molecule has 5 heteroatoms. The van der Waals surface area contributed by atoms with Gasteiger partial charge in [0.25, 0.3) is 0 Å². The van der Waals surface area contributed by atoms with E-state index in [1.807, 2.05) is 30.3 Å². The fraction of sp³-hybridized carbons (Fsp3) is 0.222. The largest absolute Gasteiger partial charge is 0.497 e. The molecule has 0 atom stereocenters. The van der Waals surface area contributed by atoms with E-state index in [2.05, 4.69) is 10.5 Å². The summed E-state index contributed by atoms with van der Waals surface area (Å²) in [6.45, 7) is 0. The Labute approximate surface area is 135 Å². The molecule has 0 aliphatic heterocycles. The number of benzene rings is 2. The van der Waals surface area contributed by atoms with E-state index < -0.39 is 0 Å². The zero-order chi connectivity index (χ0) is 16.5. The molecule has 5 nitrogen and oxygen atoms in total. The third-order valence-electron chi connectivity index (χ3n) is 3.31. The number of ether oxygens (including phenoxy) is 2. The summed E-state index contributed by atoms with van der Waals surface area (Å²) in [5.41, 5.74) is 4.38. The highest BCUT2D eigenvalue weighted by molar-refractivity contribution is 5.85. The van der Waals surface area contributed by atoms with Crippen molar-refractivity contribution in [1.29, 1.82) is 0 Å². The molecule has 2 aromatic rings. The lowest BCUT2D eigenvalue weighted by atomic mass is 10.1. The standard InChI is InChI=1S/C18H20N2O3/c1-22-16-9-10-17(23-2)15(12-16)13-19-20-18(21)11-8-14-6-4-3-5-7-14/h3-7,9-10,12-13H,8,11H2,1-2H3,(H,20,21). The molecule has 0 unspecified atom stereocenters. The number of nitrogens with one attached hydrogen (secondary N) is 1. The zero-order valence-electron chi connectivity index (χ0n) is 13.3. The van der Waals surface area contributed by atoms with Gasteiger partial charge in [0.2, 0.25) is 5.91 Å². The van der Waals surface area contributed by atoms with Crippen LogP contribution in [0.25, 0.3) is 0 Å². The van der Waals surface area contributed by atoms with E-state index in [9.17, 15) is 4.79 Å². The van der Waals surface area contributed by atoms with Crippen molar-refractivity contribution in [3.63, 3.8) is 0 Å². The van der Waals surface area contributed by atoms with Gasteiger partial charge in [-0.3, -0.25) is 4.79 Å². The van der Waals surface area contributed by atoms with Crippen molar-refractivity contribution < 1.29 is 14.3 Å². The van der Waals surface area contributed by atoms with Crippen LogP contribution < -0.4 is 14.9 Å². The Hall–Kier alpha value is -2.82. The molecule has 0 heterocycles. The lowest BCUT2D eigenvalue weighted by Crippen LogP contribution is -2.17. The molecular weight excluding hydrogens is 292 g/mol. The van der Waals surface area contributed by atoms with Gasteiger partial charge in [-0.15, -0.1) is 0 Å². The molecule has 120 valence electrons. The third-order valence-corrected chi connectivity index (χ3v) is 3.31. The van der Waals surface area contributed by atoms with Crippen molar-refractivity contribution >= 4 is 12.1 Å². The molecule has 0 radical (unpaired) electrons. The van der Waals surface area contributed by atoms with E-state index in [4.69, 9.17) is 9.47 Å². The van der Waals surface area contributed by atoms with Crippen LogP contribution in [-0.2, 0) is 11.2 Å². The van der Waals surface area contributed by atoms with Crippen LogP contribution in [0, 0.1) is 0 Å². The molecule has 2 rings (SSSR count). The maximum atomic E-state index is 11.8. The minimum absolute atomic E-state index is 0.132. The minimum atomic E-state index is -0.132. The average Bonchev–Trinajstić information content (AvgIpc) is 2.60. The first-order valence-corrected chi connectivity index (χ1v) is 7.31. The smallest absolute Gasteiger partial charge is 0.240 e. The molecule has 0 fully saturated rings. The Balaban J connectivity index is 1.89. The monoisotopic (exact) mass is 312 g/mol. The van der Waals surface area contributed by atoms with Gasteiger partial charge in [-0.05, 0) is 30.2 Å². The van der Waals surface area contributed by atoms with Gasteiger partial charge in [-0.25, -0.2) is 5.43 Å². The molecule has 0 saturated carbocycles. The third kappa shape index (κ3) is 5.14. The van der Waals surface area contributed by atoms with E-state index in [-0.39, 0.29) is 5.91 Å². The Morgan fingerprint density at radius 1 is 1.13 bits per heavy atom. The van der Waals surface area contributed by atoms with Crippen LogP contribution in [0.2, 0.25) is 0 Å². The van der Waals surface area contributed by atoms with E-state index in [0.29, 0.717) is 24.3 Å². The van der Waals surface area contributed by atoms with E-state index in [0.717, 1.165) is 11.1 Å². The van der Waals surface area contributed by atoms with Gasteiger partial charge in [0.05, 0.1) is 20.4 Å². The van der Waals surface area contributed by atoms with Gasteiger partial charge in [-0.2, -0.15) is 5.10 Å². The van der Waals surface area contributed by atoms with Gasteiger partial charge in [0.1, 0.15) is 11.5 Å². The first-order valence-electron chi connectivity index (χ1n) is 7.31. The van der Waals surface area contributed by atoms with Crippen LogP contribution >= 0.6 is 0 Å². The second kappa shape index (κ2) is 8.58. The number of hydrogen-bond acceptors (Lipinski definition) is 4. The summed E-state index contributed by atoms with van der Waals surface area (Å²) in [7, 11) is 3.17. The molecule has 1 N–H and O–H groups in total. The summed E-state index contributed by atoms with van der Waals surface area (Å²) in [6, 6.07) is 15.2. The average molecular weight is 312 g/mol. The number of amides is 1. The van der Waals surface area contributed by atoms with Crippen molar-refractivity contribution in [3.8, 4) is 11.5 Å². The van der Waals surface area contributed by atoms with E-state index >= 15 is 0 Å². The first-order chi connectivity index (χ1) is 11.2. The van der Waals surface area contributed by atoms with Crippen LogP contribution in [-0.4, -0.2) is 26.3 Å². The lowest BCUT2D eigenvalue weighted by Gasteiger charge is -2.06. The Bertz CT molecular complexity index is 669. The number of aryl methyl sites for hydroxylation is 1. The van der Waals surface area contributed by atoms with Gasteiger partial charge in [-0.1, -0.05) is 30.3 Å². The summed E-state index contributed by atoms with van der Waals surface area (Å²) in [5, 5.41) is 3.98. The second-order valence-electron chi connectivity index (χ2n) is 4.89. The van der Waals surface area contributed by atoms with Crippen LogP contribution in [0.3, 0.4) is 0 Å². The number of rotatable bonds is 7. The number of carbonyl (C=O) groups excluding carboxylic acids is 1. The predicted molar refractivity (Wildman–Crippen MR) is 90.0 cm³/mol. The van der Waals surface area contributed by atoms with Gasteiger partial charge in [0, 0.05) is 12.0 Å². The van der Waals surface area contributed by atoms with Crippen LogP contribution in [0.4, 0.5) is 0 Å². The van der Waals surface area contributed by atoms with Crippen molar-refractivity contribution in [2.75, 3.05) is 14.2 Å². The Morgan fingerprint density at radius 3 is 2.61 bits per heavy atom. The fourth-order valence-corrected chi connectivity index (χ4v) is 2.07. The van der Waals surface area contributed by atoms with E-state index in [1.54, 1.807) is 38.6 Å². The molecule has 0 bridgehead atoms. The van der Waals surface area contributed by atoms with Crippen molar-refractivity contribution in [3.05, 3.63) is 59.7 Å². The minimum Gasteiger partial charge on any atom is -0.497 e. The number of methoxy groups -OCH3 is 2. The van der Waals surface area contributed by atoms with Crippen LogP contribution in [0.5, 0.6) is 11.5 Å².